The van der Waals surface area contributed by atoms with Crippen molar-refractivity contribution in [1.29, 1.82) is 0 Å². The van der Waals surface area contributed by atoms with Crippen molar-refractivity contribution >= 4 is 17.4 Å². The van der Waals surface area contributed by atoms with E-state index in [1.165, 1.54) is 0 Å². The maximum atomic E-state index is 11.5. The first-order valence-corrected chi connectivity index (χ1v) is 7.47. The highest BCUT2D eigenvalue weighted by molar-refractivity contribution is 7.09. The van der Waals surface area contributed by atoms with Crippen molar-refractivity contribution in [1.82, 2.24) is 10.6 Å². The van der Waals surface area contributed by atoms with Crippen LogP contribution in [-0.4, -0.2) is 26.3 Å². The van der Waals surface area contributed by atoms with Crippen LogP contribution in [0.4, 0.5) is 4.79 Å². The molecule has 0 saturated carbocycles. The van der Waals surface area contributed by atoms with Crippen molar-refractivity contribution in [3.8, 4) is 11.5 Å². The number of nitrogens with one attached hydrogen (secondary N) is 2. The maximum Gasteiger partial charge on any atom is 0.315 e. The molecule has 21 heavy (non-hydrogen) atoms. The topological polar surface area (TPSA) is 59.6 Å². The highest BCUT2D eigenvalue weighted by Crippen LogP contribution is 2.16. The molecule has 2 rings (SSSR count). The van der Waals surface area contributed by atoms with Gasteiger partial charge in [0, 0.05) is 4.88 Å². The molecular weight excluding hydrogens is 288 g/mol. The predicted octanol–water partition coefficient (Wildman–Crippen LogP) is 2.63. The van der Waals surface area contributed by atoms with Crippen LogP contribution in [-0.2, 0) is 6.54 Å². The average Bonchev–Trinajstić information content (AvgIpc) is 3.03. The molecule has 5 nitrogen and oxygen atoms in total. The Kier molecular flexibility index (Phi) is 5.90. The third kappa shape index (κ3) is 5.35. The lowest BCUT2D eigenvalue weighted by molar-refractivity contribution is 0.236. The Hall–Kier alpha value is -2.21. The second-order valence-corrected chi connectivity index (χ2v) is 5.25. The van der Waals surface area contributed by atoms with E-state index in [1.54, 1.807) is 18.4 Å². The highest BCUT2D eigenvalue weighted by atomic mass is 32.1. The number of rotatable bonds is 7. The van der Waals surface area contributed by atoms with Crippen molar-refractivity contribution in [3.63, 3.8) is 0 Å². The van der Waals surface area contributed by atoms with Crippen molar-refractivity contribution < 1.29 is 14.3 Å². The maximum absolute atomic E-state index is 11.5. The molecule has 0 aliphatic carbocycles. The van der Waals surface area contributed by atoms with Crippen LogP contribution in [0.5, 0.6) is 11.5 Å². The molecular formula is C15H18N2O3S. The first-order valence-electron chi connectivity index (χ1n) is 6.59. The van der Waals surface area contributed by atoms with Crippen molar-refractivity contribution in [2.75, 3.05) is 20.3 Å². The molecule has 1 aromatic carbocycles. The molecule has 2 N–H and O–H groups in total. The van der Waals surface area contributed by atoms with Crippen LogP contribution in [0.1, 0.15) is 4.88 Å². The van der Waals surface area contributed by atoms with E-state index in [-0.39, 0.29) is 6.03 Å². The monoisotopic (exact) mass is 306 g/mol. The van der Waals surface area contributed by atoms with E-state index < -0.39 is 0 Å². The summed E-state index contributed by atoms with van der Waals surface area (Å²) in [5, 5.41) is 7.51. The van der Waals surface area contributed by atoms with Crippen LogP contribution < -0.4 is 20.1 Å². The summed E-state index contributed by atoms with van der Waals surface area (Å²) in [5.41, 5.74) is 0. The first-order chi connectivity index (χ1) is 10.3. The third-order valence-corrected chi connectivity index (χ3v) is 3.60. The number of benzene rings is 1. The molecule has 6 heteroatoms. The molecule has 1 aromatic heterocycles. The predicted molar refractivity (Wildman–Crippen MR) is 83.0 cm³/mol. The van der Waals surface area contributed by atoms with E-state index >= 15 is 0 Å². The van der Waals surface area contributed by atoms with Crippen molar-refractivity contribution in [2.45, 2.75) is 6.54 Å². The Morgan fingerprint density at radius 1 is 1.14 bits per heavy atom. The standard InChI is InChI=1S/C15H18N2O3S/c1-19-12-4-6-13(7-5-12)20-9-8-16-15(18)17-11-14-3-2-10-21-14/h2-7,10H,8-9,11H2,1H3,(H2,16,17,18). The van der Waals surface area contributed by atoms with E-state index in [4.69, 9.17) is 9.47 Å². The van der Waals surface area contributed by atoms with Crippen LogP contribution in [0.2, 0.25) is 0 Å². The summed E-state index contributed by atoms with van der Waals surface area (Å²) in [6.45, 7) is 1.41. The summed E-state index contributed by atoms with van der Waals surface area (Å²) in [6.07, 6.45) is 0. The first kappa shape index (κ1) is 15.2. The molecule has 0 saturated heterocycles. The van der Waals surface area contributed by atoms with Gasteiger partial charge in [0.05, 0.1) is 20.2 Å². The van der Waals surface area contributed by atoms with Gasteiger partial charge in [0.15, 0.2) is 0 Å². The quantitative estimate of drug-likeness (QED) is 0.773. The Bertz CT molecular complexity index is 541. The molecule has 0 spiro atoms. The third-order valence-electron chi connectivity index (χ3n) is 2.72. The fourth-order valence-electron chi connectivity index (χ4n) is 1.65. The molecule has 0 aliphatic rings. The SMILES string of the molecule is COc1ccc(OCCNC(=O)NCc2cccs2)cc1. The number of ether oxygens (including phenoxy) is 2. The van der Waals surface area contributed by atoms with Gasteiger partial charge in [-0.3, -0.25) is 0 Å². The molecule has 0 unspecified atom stereocenters. The van der Waals surface area contributed by atoms with Crippen LogP contribution >= 0.6 is 11.3 Å². The summed E-state index contributed by atoms with van der Waals surface area (Å²) < 4.78 is 10.6. The molecule has 2 amide bonds. The largest absolute Gasteiger partial charge is 0.497 e. The summed E-state index contributed by atoms with van der Waals surface area (Å²) in [6, 6.07) is 11.1. The van der Waals surface area contributed by atoms with Gasteiger partial charge < -0.3 is 20.1 Å². The fourth-order valence-corrected chi connectivity index (χ4v) is 2.29. The van der Waals surface area contributed by atoms with E-state index in [2.05, 4.69) is 10.6 Å². The van der Waals surface area contributed by atoms with Gasteiger partial charge in [-0.1, -0.05) is 6.07 Å². The number of amides is 2. The zero-order chi connectivity index (χ0) is 14.9. The number of carbonyl (C=O) groups is 1. The second kappa shape index (κ2) is 8.16. The molecule has 2 aromatic rings. The minimum Gasteiger partial charge on any atom is -0.497 e. The van der Waals surface area contributed by atoms with Crippen LogP contribution in [0.15, 0.2) is 41.8 Å². The van der Waals surface area contributed by atoms with Gasteiger partial charge in [0.2, 0.25) is 0 Å². The number of hydrogen-bond acceptors (Lipinski definition) is 4. The minimum atomic E-state index is -0.193. The Balaban J connectivity index is 1.59. The van der Waals surface area contributed by atoms with E-state index in [1.807, 2.05) is 41.8 Å². The fraction of sp³-hybridized carbons (Fsp3) is 0.267. The van der Waals surface area contributed by atoms with E-state index in [0.717, 1.165) is 16.4 Å². The number of urea groups is 1. The van der Waals surface area contributed by atoms with Gasteiger partial charge in [-0.15, -0.1) is 11.3 Å². The zero-order valence-electron chi connectivity index (χ0n) is 11.8. The van der Waals surface area contributed by atoms with Crippen molar-refractivity contribution in [3.05, 3.63) is 46.7 Å². The summed E-state index contributed by atoms with van der Waals surface area (Å²) in [7, 11) is 1.62. The second-order valence-electron chi connectivity index (χ2n) is 4.21. The molecule has 0 atom stereocenters. The molecule has 0 bridgehead atoms. The molecule has 0 aliphatic heterocycles. The minimum absolute atomic E-state index is 0.193. The molecule has 0 fully saturated rings. The Morgan fingerprint density at radius 3 is 2.57 bits per heavy atom. The van der Waals surface area contributed by atoms with E-state index in [9.17, 15) is 4.79 Å². The zero-order valence-corrected chi connectivity index (χ0v) is 12.6. The lowest BCUT2D eigenvalue weighted by Gasteiger charge is -2.09. The van der Waals surface area contributed by atoms with Crippen molar-refractivity contribution in [2.24, 2.45) is 0 Å². The van der Waals surface area contributed by atoms with Crippen LogP contribution in [0.25, 0.3) is 0 Å². The molecule has 0 radical (unpaired) electrons. The van der Waals surface area contributed by atoms with Gasteiger partial charge in [-0.25, -0.2) is 4.79 Å². The lowest BCUT2D eigenvalue weighted by Crippen LogP contribution is -2.37. The van der Waals surface area contributed by atoms with E-state index in [0.29, 0.717) is 19.7 Å². The summed E-state index contributed by atoms with van der Waals surface area (Å²) >= 11 is 1.62. The number of thiophene rings is 1. The molecule has 112 valence electrons. The molecule has 1 heterocycles. The summed E-state index contributed by atoms with van der Waals surface area (Å²) in [5.74, 6) is 1.53. The van der Waals surface area contributed by atoms with Gasteiger partial charge in [-0.05, 0) is 35.7 Å². The van der Waals surface area contributed by atoms with Crippen LogP contribution in [0.3, 0.4) is 0 Å². The van der Waals surface area contributed by atoms with Gasteiger partial charge >= 0.3 is 6.03 Å². The van der Waals surface area contributed by atoms with Crippen LogP contribution in [0, 0.1) is 0 Å². The summed E-state index contributed by atoms with van der Waals surface area (Å²) in [4.78, 5) is 12.7. The van der Waals surface area contributed by atoms with Gasteiger partial charge in [0.1, 0.15) is 18.1 Å². The van der Waals surface area contributed by atoms with Gasteiger partial charge in [-0.2, -0.15) is 0 Å². The average molecular weight is 306 g/mol. The number of hydrogen-bond donors (Lipinski definition) is 2. The Morgan fingerprint density at radius 2 is 1.90 bits per heavy atom. The smallest absolute Gasteiger partial charge is 0.315 e. The highest BCUT2D eigenvalue weighted by Gasteiger charge is 2.01. The number of carbonyl (C=O) groups excluding carboxylic acids is 1. The Labute approximate surface area is 127 Å². The lowest BCUT2D eigenvalue weighted by atomic mass is 10.3. The number of methoxy groups -OCH3 is 1. The normalized spacial score (nSPS) is 9.95. The van der Waals surface area contributed by atoms with Gasteiger partial charge in [0.25, 0.3) is 0 Å².